The third kappa shape index (κ3) is 4.34. The predicted octanol–water partition coefficient (Wildman–Crippen LogP) is 1.47. The molecule has 0 spiro atoms. The topological polar surface area (TPSA) is 54.6 Å². The molecule has 1 aromatic rings. The van der Waals surface area contributed by atoms with Crippen LogP contribution in [0.1, 0.15) is 18.6 Å². The van der Waals surface area contributed by atoms with Crippen molar-refractivity contribution in [1.29, 1.82) is 0 Å². The summed E-state index contributed by atoms with van der Waals surface area (Å²) in [5.74, 6) is 0.783. The first-order valence-electron chi connectivity index (χ1n) is 6.01. The van der Waals surface area contributed by atoms with Crippen molar-refractivity contribution in [3.63, 3.8) is 0 Å². The average Bonchev–Trinajstić information content (AvgIpc) is 2.99. The third-order valence-electron chi connectivity index (χ3n) is 2.78. The summed E-state index contributed by atoms with van der Waals surface area (Å²) in [4.78, 5) is 0. The Labute approximate surface area is 101 Å². The van der Waals surface area contributed by atoms with Gasteiger partial charge in [-0.1, -0.05) is 12.2 Å². The van der Waals surface area contributed by atoms with E-state index in [-0.39, 0.29) is 0 Å². The van der Waals surface area contributed by atoms with E-state index in [1.54, 1.807) is 6.26 Å². The highest BCUT2D eigenvalue weighted by Gasteiger charge is 2.11. The van der Waals surface area contributed by atoms with Crippen molar-refractivity contribution in [1.82, 2.24) is 5.32 Å². The van der Waals surface area contributed by atoms with Gasteiger partial charge in [0.25, 0.3) is 0 Å². The number of hydrogen-bond acceptors (Lipinski definition) is 4. The zero-order valence-corrected chi connectivity index (χ0v) is 9.84. The van der Waals surface area contributed by atoms with Crippen molar-refractivity contribution in [3.05, 3.63) is 36.3 Å². The van der Waals surface area contributed by atoms with Crippen LogP contribution in [0.15, 0.2) is 35.0 Å². The molecule has 4 heteroatoms. The van der Waals surface area contributed by atoms with Crippen LogP contribution >= 0.6 is 0 Å². The van der Waals surface area contributed by atoms with Gasteiger partial charge in [0.05, 0.1) is 19.0 Å². The summed E-state index contributed by atoms with van der Waals surface area (Å²) < 4.78 is 10.5. The standard InChI is InChI=1S/C13H19NO3/c15-12(8-14-11-4-1-2-5-11)9-16-10-13-6-3-7-17-13/h1-3,6-7,11-12,14-15H,4-5,8-10H2. The first kappa shape index (κ1) is 12.4. The fourth-order valence-electron chi connectivity index (χ4n) is 1.84. The molecule has 0 saturated heterocycles. The Bertz CT molecular complexity index is 326. The van der Waals surface area contributed by atoms with Crippen molar-refractivity contribution < 1.29 is 14.3 Å². The van der Waals surface area contributed by atoms with Gasteiger partial charge in [-0.05, 0) is 25.0 Å². The Morgan fingerprint density at radius 2 is 2.29 bits per heavy atom. The first-order chi connectivity index (χ1) is 8.34. The van der Waals surface area contributed by atoms with E-state index in [9.17, 15) is 5.11 Å². The Morgan fingerprint density at radius 3 is 3.00 bits per heavy atom. The maximum atomic E-state index is 9.70. The number of rotatable bonds is 7. The average molecular weight is 237 g/mol. The summed E-state index contributed by atoms with van der Waals surface area (Å²) >= 11 is 0. The molecule has 1 aliphatic carbocycles. The molecule has 0 saturated carbocycles. The molecule has 4 nitrogen and oxygen atoms in total. The summed E-state index contributed by atoms with van der Waals surface area (Å²) in [6, 6.07) is 4.16. The van der Waals surface area contributed by atoms with Gasteiger partial charge in [-0.2, -0.15) is 0 Å². The summed E-state index contributed by atoms with van der Waals surface area (Å²) in [5.41, 5.74) is 0. The highest BCUT2D eigenvalue weighted by Crippen LogP contribution is 2.08. The summed E-state index contributed by atoms with van der Waals surface area (Å²) in [6.45, 7) is 1.31. The first-order valence-corrected chi connectivity index (χ1v) is 6.01. The molecule has 0 radical (unpaired) electrons. The molecule has 1 unspecified atom stereocenters. The lowest BCUT2D eigenvalue weighted by Crippen LogP contribution is -2.36. The van der Waals surface area contributed by atoms with Crippen LogP contribution in [0, 0.1) is 0 Å². The summed E-state index contributed by atoms with van der Waals surface area (Å²) in [5, 5.41) is 13.0. The van der Waals surface area contributed by atoms with Crippen LogP contribution in [0.4, 0.5) is 0 Å². The van der Waals surface area contributed by atoms with Gasteiger partial charge in [0.15, 0.2) is 0 Å². The second-order valence-corrected chi connectivity index (χ2v) is 4.30. The van der Waals surface area contributed by atoms with Crippen molar-refractivity contribution in [2.75, 3.05) is 13.2 Å². The molecule has 0 amide bonds. The van der Waals surface area contributed by atoms with Gasteiger partial charge in [0.2, 0.25) is 0 Å². The minimum atomic E-state index is -0.467. The molecule has 0 aliphatic heterocycles. The second-order valence-electron chi connectivity index (χ2n) is 4.30. The molecule has 0 aromatic carbocycles. The molecule has 17 heavy (non-hydrogen) atoms. The summed E-state index contributed by atoms with van der Waals surface area (Å²) in [6.07, 6.45) is 7.59. The molecular weight excluding hydrogens is 218 g/mol. The number of aliphatic hydroxyl groups excluding tert-OH is 1. The van der Waals surface area contributed by atoms with E-state index in [2.05, 4.69) is 17.5 Å². The zero-order valence-electron chi connectivity index (χ0n) is 9.84. The van der Waals surface area contributed by atoms with Gasteiger partial charge < -0.3 is 19.6 Å². The Morgan fingerprint density at radius 1 is 1.47 bits per heavy atom. The molecular formula is C13H19NO3. The Kier molecular flexibility index (Phi) is 4.79. The van der Waals surface area contributed by atoms with Crippen molar-refractivity contribution in [2.45, 2.75) is 31.6 Å². The maximum Gasteiger partial charge on any atom is 0.129 e. The molecule has 0 fully saturated rings. The van der Waals surface area contributed by atoms with Crippen LogP contribution in [0.5, 0.6) is 0 Å². The summed E-state index contributed by atoms with van der Waals surface area (Å²) in [7, 11) is 0. The lowest BCUT2D eigenvalue weighted by atomic mass is 10.2. The largest absolute Gasteiger partial charge is 0.467 e. The number of nitrogens with one attached hydrogen (secondary N) is 1. The number of aliphatic hydroxyl groups is 1. The Balaban J connectivity index is 1.53. The molecule has 94 valence electrons. The second kappa shape index (κ2) is 6.59. The number of furan rings is 1. The molecule has 1 aromatic heterocycles. The van der Waals surface area contributed by atoms with Crippen molar-refractivity contribution in [3.8, 4) is 0 Å². The highest BCUT2D eigenvalue weighted by atomic mass is 16.5. The van der Waals surface area contributed by atoms with E-state index < -0.39 is 6.10 Å². The third-order valence-corrected chi connectivity index (χ3v) is 2.78. The van der Waals surface area contributed by atoms with Crippen molar-refractivity contribution in [2.24, 2.45) is 0 Å². The number of hydrogen-bond donors (Lipinski definition) is 2. The van der Waals surface area contributed by atoms with Gasteiger partial charge in [-0.3, -0.25) is 0 Å². The lowest BCUT2D eigenvalue weighted by molar-refractivity contribution is 0.0217. The van der Waals surface area contributed by atoms with Crippen LogP contribution in [0.25, 0.3) is 0 Å². The van der Waals surface area contributed by atoms with Crippen molar-refractivity contribution >= 4 is 0 Å². The van der Waals surface area contributed by atoms with Gasteiger partial charge in [0.1, 0.15) is 12.4 Å². The smallest absolute Gasteiger partial charge is 0.129 e. The van der Waals surface area contributed by atoms with E-state index in [1.165, 1.54) is 0 Å². The van der Waals surface area contributed by atoms with E-state index >= 15 is 0 Å². The van der Waals surface area contributed by atoms with Crippen LogP contribution in [0.3, 0.4) is 0 Å². The normalized spacial score (nSPS) is 17.7. The number of ether oxygens (including phenoxy) is 1. The van der Waals surface area contributed by atoms with Crippen LogP contribution in [-0.4, -0.2) is 30.4 Å². The van der Waals surface area contributed by atoms with Gasteiger partial charge in [-0.25, -0.2) is 0 Å². The quantitative estimate of drug-likeness (QED) is 0.705. The molecule has 1 aliphatic rings. The minimum Gasteiger partial charge on any atom is -0.467 e. The molecule has 2 rings (SSSR count). The van der Waals surface area contributed by atoms with Crippen LogP contribution in [-0.2, 0) is 11.3 Å². The van der Waals surface area contributed by atoms with Gasteiger partial charge in [-0.15, -0.1) is 0 Å². The minimum absolute atomic E-state index is 0.327. The van der Waals surface area contributed by atoms with Crippen LogP contribution < -0.4 is 5.32 Å². The van der Waals surface area contributed by atoms with E-state index in [1.807, 2.05) is 12.1 Å². The van der Waals surface area contributed by atoms with E-state index in [0.717, 1.165) is 18.6 Å². The fraction of sp³-hybridized carbons (Fsp3) is 0.538. The van der Waals surface area contributed by atoms with Gasteiger partial charge in [0, 0.05) is 12.6 Å². The molecule has 1 atom stereocenters. The van der Waals surface area contributed by atoms with Gasteiger partial charge >= 0.3 is 0 Å². The fourth-order valence-corrected chi connectivity index (χ4v) is 1.84. The highest BCUT2D eigenvalue weighted by molar-refractivity contribution is 4.98. The molecule has 0 bridgehead atoms. The Hall–Kier alpha value is -1.10. The lowest BCUT2D eigenvalue weighted by Gasteiger charge is -2.16. The van der Waals surface area contributed by atoms with Crippen LogP contribution in [0.2, 0.25) is 0 Å². The maximum absolute atomic E-state index is 9.70. The zero-order chi connectivity index (χ0) is 11.9. The van der Waals surface area contributed by atoms with E-state index in [0.29, 0.717) is 25.8 Å². The predicted molar refractivity (Wildman–Crippen MR) is 64.5 cm³/mol. The SMILES string of the molecule is OC(CNC1CC=CC1)COCc1ccco1. The monoisotopic (exact) mass is 237 g/mol. The molecule has 1 heterocycles. The molecule has 2 N–H and O–H groups in total. The van der Waals surface area contributed by atoms with E-state index in [4.69, 9.17) is 9.15 Å².